The van der Waals surface area contributed by atoms with Crippen LogP contribution in [0.4, 0.5) is 22.7 Å². The number of quaternary nitrogens is 1. The van der Waals surface area contributed by atoms with E-state index in [-0.39, 0.29) is 6.17 Å². The Morgan fingerprint density at radius 2 is 1.76 bits per heavy atom. The predicted molar refractivity (Wildman–Crippen MR) is 135 cm³/mol. The maximum Gasteiger partial charge on any atom is 0.285 e. The standard InChI is InChI=1S/C27H30N6/c1-32(2)20-9-6-18(7-10-20)26-28-22-12-8-19(16-24(22)30-26)27-29-23-13-11-21(17-25(23)31-27)33-14-4-3-5-15-33/h6-13,16-17,26,28,30H,3-5,14-15H2,1-2H3,(H,29,31)/p+2. The molecule has 33 heavy (non-hydrogen) atoms. The summed E-state index contributed by atoms with van der Waals surface area (Å²) in [7, 11) is 4.14. The molecular formula is C27H32N6+2. The van der Waals surface area contributed by atoms with Gasteiger partial charge in [-0.3, -0.25) is 5.32 Å². The van der Waals surface area contributed by atoms with Crippen molar-refractivity contribution in [2.24, 2.45) is 0 Å². The zero-order valence-corrected chi connectivity index (χ0v) is 19.4. The number of anilines is 3. The Labute approximate surface area is 194 Å². The minimum atomic E-state index is 0.199. The van der Waals surface area contributed by atoms with Gasteiger partial charge in [0.05, 0.1) is 5.56 Å². The van der Waals surface area contributed by atoms with Gasteiger partial charge in [0.15, 0.2) is 22.9 Å². The molecule has 0 spiro atoms. The van der Waals surface area contributed by atoms with Crippen molar-refractivity contribution < 1.29 is 10.3 Å². The minimum Gasteiger partial charge on any atom is -0.378 e. The van der Waals surface area contributed by atoms with E-state index in [0.29, 0.717) is 0 Å². The van der Waals surface area contributed by atoms with E-state index in [1.807, 2.05) is 0 Å². The molecule has 1 aromatic heterocycles. The molecule has 0 bridgehead atoms. The molecule has 3 aromatic carbocycles. The first kappa shape index (κ1) is 20.1. The number of piperidine rings is 1. The Hall–Kier alpha value is -3.51. The molecule has 2 aliphatic rings. The third-order valence-corrected chi connectivity index (χ3v) is 7.01. The van der Waals surface area contributed by atoms with Crippen LogP contribution in [0.2, 0.25) is 0 Å². The summed E-state index contributed by atoms with van der Waals surface area (Å²) in [6.07, 6.45) is 4.14. The first-order valence-electron chi connectivity index (χ1n) is 12.0. The van der Waals surface area contributed by atoms with E-state index < -0.39 is 0 Å². The average Bonchev–Trinajstić information content (AvgIpc) is 3.48. The molecule has 1 fully saturated rings. The van der Waals surface area contributed by atoms with E-state index in [1.165, 1.54) is 53.1 Å². The van der Waals surface area contributed by atoms with E-state index in [4.69, 9.17) is 0 Å². The molecule has 1 saturated heterocycles. The number of rotatable bonds is 4. The van der Waals surface area contributed by atoms with Gasteiger partial charge >= 0.3 is 0 Å². The lowest BCUT2D eigenvalue weighted by molar-refractivity contribution is -0.602. The number of H-pyrrole nitrogens is 2. The SMILES string of the molecule is CN(C)c1ccc(C2Nc3ccc(-c4[nH]c5cc(N6CCCCC6)ccc5[nH+]4)cc3[NH2+]2)cc1. The number of hydrogen-bond donors (Lipinski definition) is 3. The molecular weight excluding hydrogens is 408 g/mol. The minimum absolute atomic E-state index is 0.199. The zero-order valence-electron chi connectivity index (χ0n) is 19.4. The van der Waals surface area contributed by atoms with Crippen molar-refractivity contribution in [3.63, 3.8) is 0 Å². The number of benzene rings is 3. The van der Waals surface area contributed by atoms with Gasteiger partial charge in [-0.15, -0.1) is 0 Å². The summed E-state index contributed by atoms with van der Waals surface area (Å²) in [6, 6.07) is 22.1. The number of nitrogens with two attached hydrogens (primary N) is 1. The highest BCUT2D eigenvalue weighted by atomic mass is 15.2. The van der Waals surface area contributed by atoms with Crippen LogP contribution in [0.25, 0.3) is 22.4 Å². The molecule has 5 N–H and O–H groups in total. The van der Waals surface area contributed by atoms with Crippen LogP contribution in [-0.2, 0) is 0 Å². The molecule has 0 saturated carbocycles. The van der Waals surface area contributed by atoms with E-state index >= 15 is 0 Å². The normalized spacial score (nSPS) is 17.8. The quantitative estimate of drug-likeness (QED) is 0.420. The summed E-state index contributed by atoms with van der Waals surface area (Å²) in [6.45, 7) is 2.32. The average molecular weight is 441 g/mol. The summed E-state index contributed by atoms with van der Waals surface area (Å²) in [5, 5.41) is 5.97. The van der Waals surface area contributed by atoms with Crippen LogP contribution in [0.1, 0.15) is 31.0 Å². The zero-order chi connectivity index (χ0) is 22.4. The number of fused-ring (bicyclic) bond motifs is 2. The van der Waals surface area contributed by atoms with Gasteiger partial charge in [0, 0.05) is 56.3 Å². The Kier molecular flexibility index (Phi) is 4.95. The van der Waals surface area contributed by atoms with Crippen LogP contribution in [0.3, 0.4) is 0 Å². The second kappa shape index (κ2) is 8.12. The van der Waals surface area contributed by atoms with Crippen LogP contribution in [0.5, 0.6) is 0 Å². The molecule has 0 amide bonds. The highest BCUT2D eigenvalue weighted by Gasteiger charge is 2.27. The lowest BCUT2D eigenvalue weighted by Gasteiger charge is -2.28. The summed E-state index contributed by atoms with van der Waals surface area (Å²) in [4.78, 5) is 11.8. The topological polar surface area (TPSA) is 65.0 Å². The molecule has 0 radical (unpaired) electrons. The fraction of sp³-hybridized carbons (Fsp3) is 0.296. The highest BCUT2D eigenvalue weighted by Crippen LogP contribution is 2.32. The molecule has 6 heteroatoms. The number of aromatic amines is 2. The predicted octanol–water partition coefficient (Wildman–Crippen LogP) is 4.02. The van der Waals surface area contributed by atoms with Gasteiger partial charge < -0.3 is 15.1 Å². The second-order valence-electron chi connectivity index (χ2n) is 9.48. The number of aromatic nitrogens is 2. The fourth-order valence-electron chi connectivity index (χ4n) is 5.07. The molecule has 168 valence electrons. The number of imidazole rings is 1. The van der Waals surface area contributed by atoms with Gasteiger partial charge in [0.1, 0.15) is 5.69 Å². The molecule has 2 aliphatic heterocycles. The molecule has 6 nitrogen and oxygen atoms in total. The Balaban J connectivity index is 1.24. The monoisotopic (exact) mass is 440 g/mol. The van der Waals surface area contributed by atoms with E-state index in [2.05, 4.69) is 105 Å². The van der Waals surface area contributed by atoms with Crippen molar-refractivity contribution in [2.75, 3.05) is 42.3 Å². The van der Waals surface area contributed by atoms with Crippen LogP contribution < -0.4 is 25.4 Å². The van der Waals surface area contributed by atoms with Gasteiger partial charge in [0.2, 0.25) is 0 Å². The van der Waals surface area contributed by atoms with Crippen molar-refractivity contribution in [1.82, 2.24) is 4.98 Å². The number of hydrogen-bond acceptors (Lipinski definition) is 3. The lowest BCUT2D eigenvalue weighted by Crippen LogP contribution is -2.78. The summed E-state index contributed by atoms with van der Waals surface area (Å²) >= 11 is 0. The van der Waals surface area contributed by atoms with E-state index in [1.54, 1.807) is 0 Å². The smallest absolute Gasteiger partial charge is 0.285 e. The molecule has 1 unspecified atom stereocenters. The van der Waals surface area contributed by atoms with Crippen LogP contribution in [0.15, 0.2) is 60.7 Å². The van der Waals surface area contributed by atoms with Crippen LogP contribution >= 0.6 is 0 Å². The van der Waals surface area contributed by atoms with Crippen LogP contribution in [-0.4, -0.2) is 32.2 Å². The summed E-state index contributed by atoms with van der Waals surface area (Å²) in [5.74, 6) is 1.05. The molecule has 4 aromatic rings. The molecule has 3 heterocycles. The number of nitrogens with one attached hydrogen (secondary N) is 3. The summed E-state index contributed by atoms with van der Waals surface area (Å²) in [5.41, 5.74) is 9.72. The highest BCUT2D eigenvalue weighted by molar-refractivity contribution is 5.80. The maximum atomic E-state index is 3.65. The van der Waals surface area contributed by atoms with Gasteiger partial charge in [0.25, 0.3) is 5.82 Å². The van der Waals surface area contributed by atoms with Crippen molar-refractivity contribution in [3.8, 4) is 11.4 Å². The second-order valence-corrected chi connectivity index (χ2v) is 9.48. The van der Waals surface area contributed by atoms with Gasteiger partial charge in [-0.1, -0.05) is 0 Å². The Bertz CT molecular complexity index is 1280. The van der Waals surface area contributed by atoms with Crippen molar-refractivity contribution >= 4 is 33.8 Å². The Morgan fingerprint density at radius 3 is 2.55 bits per heavy atom. The van der Waals surface area contributed by atoms with Crippen molar-refractivity contribution in [3.05, 3.63) is 66.2 Å². The summed E-state index contributed by atoms with van der Waals surface area (Å²) < 4.78 is 0. The van der Waals surface area contributed by atoms with Crippen molar-refractivity contribution in [1.29, 1.82) is 0 Å². The van der Waals surface area contributed by atoms with Gasteiger partial charge in [-0.05, 0) is 67.8 Å². The molecule has 6 rings (SSSR count). The lowest BCUT2D eigenvalue weighted by atomic mass is 10.1. The van der Waals surface area contributed by atoms with E-state index in [0.717, 1.165) is 29.9 Å². The maximum absolute atomic E-state index is 3.65. The van der Waals surface area contributed by atoms with Crippen molar-refractivity contribution in [2.45, 2.75) is 25.4 Å². The van der Waals surface area contributed by atoms with Crippen LogP contribution in [0, 0.1) is 0 Å². The first-order chi connectivity index (χ1) is 16.1. The largest absolute Gasteiger partial charge is 0.378 e. The number of nitrogens with zero attached hydrogens (tertiary/aromatic N) is 2. The first-order valence-corrected chi connectivity index (χ1v) is 12.0. The Morgan fingerprint density at radius 1 is 0.939 bits per heavy atom. The van der Waals surface area contributed by atoms with Gasteiger partial charge in [-0.2, -0.15) is 0 Å². The van der Waals surface area contributed by atoms with E-state index in [9.17, 15) is 0 Å². The molecule has 0 aliphatic carbocycles. The molecule has 1 atom stereocenters. The third kappa shape index (κ3) is 3.80. The third-order valence-electron chi connectivity index (χ3n) is 7.01. The fourth-order valence-corrected chi connectivity index (χ4v) is 5.07. The van der Waals surface area contributed by atoms with Gasteiger partial charge in [-0.25, -0.2) is 9.97 Å².